The van der Waals surface area contributed by atoms with Crippen molar-refractivity contribution in [2.45, 2.75) is 0 Å². The van der Waals surface area contributed by atoms with Crippen molar-refractivity contribution in [1.82, 2.24) is 20.6 Å². The summed E-state index contributed by atoms with van der Waals surface area (Å²) in [6.45, 7) is 0. The number of benzene rings is 1. The number of tetrazole rings is 1. The topological polar surface area (TPSA) is 92.8 Å². The van der Waals surface area contributed by atoms with Crippen LogP contribution in [-0.2, 0) is 0 Å². The number of rotatable bonds is 3. The number of halogens is 2. The van der Waals surface area contributed by atoms with Crippen LogP contribution in [0.1, 0.15) is 10.6 Å². The molecule has 2 rings (SSSR count). The molecule has 7 nitrogen and oxygen atoms in total. The van der Waals surface area contributed by atoms with Crippen LogP contribution in [0.3, 0.4) is 0 Å². The van der Waals surface area contributed by atoms with Gasteiger partial charge in [-0.3, -0.25) is 4.79 Å². The van der Waals surface area contributed by atoms with Crippen LogP contribution in [0, 0.1) is 0 Å². The van der Waals surface area contributed by atoms with Crippen LogP contribution in [-0.4, -0.2) is 33.6 Å². The summed E-state index contributed by atoms with van der Waals surface area (Å²) >= 11 is 9.19. The molecule has 0 fully saturated rings. The highest BCUT2D eigenvalue weighted by molar-refractivity contribution is 9.10. The number of anilines is 1. The molecule has 0 aliphatic heterocycles. The molecule has 0 unspecified atom stereocenters. The molecule has 1 aromatic carbocycles. The lowest BCUT2D eigenvalue weighted by Gasteiger charge is -2.11. The minimum atomic E-state index is -0.517. The number of carbonyl (C=O) groups is 1. The van der Waals surface area contributed by atoms with Crippen molar-refractivity contribution < 1.29 is 9.53 Å². The Labute approximate surface area is 115 Å². The molecule has 0 radical (unpaired) electrons. The van der Waals surface area contributed by atoms with Crippen molar-refractivity contribution >= 4 is 39.1 Å². The van der Waals surface area contributed by atoms with Crippen LogP contribution in [0.25, 0.3) is 0 Å². The standard InChI is InChI=1S/C9H7BrClN5O2/c1-18-7-5(10)2-4(11)3-6(7)12-9(17)8-13-15-16-14-8/h2-3H,1H3,(H,12,17)(H,13,14,15,16). The molecule has 0 saturated heterocycles. The first-order valence-corrected chi connectivity index (χ1v) is 5.86. The predicted molar refractivity (Wildman–Crippen MR) is 67.8 cm³/mol. The molecule has 0 saturated carbocycles. The van der Waals surface area contributed by atoms with E-state index in [1.807, 2.05) is 0 Å². The first kappa shape index (κ1) is 12.8. The number of aromatic nitrogens is 4. The van der Waals surface area contributed by atoms with Gasteiger partial charge in [-0.1, -0.05) is 11.6 Å². The van der Waals surface area contributed by atoms with Crippen LogP contribution in [0.15, 0.2) is 16.6 Å². The molecule has 94 valence electrons. The molecule has 0 spiro atoms. The number of carbonyl (C=O) groups excluding carboxylic acids is 1. The van der Waals surface area contributed by atoms with Gasteiger partial charge in [0, 0.05) is 5.02 Å². The van der Waals surface area contributed by atoms with E-state index in [0.29, 0.717) is 20.9 Å². The van der Waals surface area contributed by atoms with Crippen molar-refractivity contribution in [1.29, 1.82) is 0 Å². The van der Waals surface area contributed by atoms with Crippen LogP contribution < -0.4 is 10.1 Å². The second-order valence-corrected chi connectivity index (χ2v) is 4.45. The van der Waals surface area contributed by atoms with E-state index in [4.69, 9.17) is 16.3 Å². The first-order valence-electron chi connectivity index (χ1n) is 4.69. The summed E-state index contributed by atoms with van der Waals surface area (Å²) in [4.78, 5) is 11.8. The molecular formula is C9H7BrClN5O2. The Morgan fingerprint density at radius 1 is 1.56 bits per heavy atom. The minimum Gasteiger partial charge on any atom is -0.493 e. The van der Waals surface area contributed by atoms with E-state index >= 15 is 0 Å². The highest BCUT2D eigenvalue weighted by Crippen LogP contribution is 2.36. The quantitative estimate of drug-likeness (QED) is 0.895. The van der Waals surface area contributed by atoms with Crippen molar-refractivity contribution in [3.63, 3.8) is 0 Å². The molecule has 0 aliphatic rings. The van der Waals surface area contributed by atoms with E-state index < -0.39 is 5.91 Å². The van der Waals surface area contributed by atoms with Gasteiger partial charge in [-0.25, -0.2) is 0 Å². The largest absolute Gasteiger partial charge is 0.493 e. The molecular weight excluding hydrogens is 325 g/mol. The van der Waals surface area contributed by atoms with Crippen LogP contribution in [0.5, 0.6) is 5.75 Å². The molecule has 0 aliphatic carbocycles. The number of methoxy groups -OCH3 is 1. The van der Waals surface area contributed by atoms with Gasteiger partial charge in [-0.05, 0) is 33.3 Å². The molecule has 18 heavy (non-hydrogen) atoms. The van der Waals surface area contributed by atoms with E-state index in [1.54, 1.807) is 12.1 Å². The second-order valence-electron chi connectivity index (χ2n) is 3.16. The Morgan fingerprint density at radius 3 is 2.94 bits per heavy atom. The normalized spacial score (nSPS) is 10.2. The summed E-state index contributed by atoms with van der Waals surface area (Å²) in [7, 11) is 1.48. The van der Waals surface area contributed by atoms with Crippen molar-refractivity contribution in [3.8, 4) is 5.75 Å². The fourth-order valence-corrected chi connectivity index (χ4v) is 2.27. The second kappa shape index (κ2) is 5.32. The van der Waals surface area contributed by atoms with Crippen LogP contribution in [0.2, 0.25) is 5.02 Å². The van der Waals surface area contributed by atoms with Gasteiger partial charge in [0.15, 0.2) is 5.75 Å². The van der Waals surface area contributed by atoms with E-state index in [0.717, 1.165) is 0 Å². The summed E-state index contributed by atoms with van der Waals surface area (Å²) < 4.78 is 5.79. The molecule has 2 N–H and O–H groups in total. The maximum absolute atomic E-state index is 11.8. The number of ether oxygens (including phenoxy) is 1. The maximum atomic E-state index is 11.8. The fraction of sp³-hybridized carbons (Fsp3) is 0.111. The van der Waals surface area contributed by atoms with Gasteiger partial charge >= 0.3 is 0 Å². The van der Waals surface area contributed by atoms with Gasteiger partial charge in [0.2, 0.25) is 0 Å². The van der Waals surface area contributed by atoms with E-state index in [2.05, 4.69) is 41.9 Å². The zero-order valence-corrected chi connectivity index (χ0v) is 11.4. The number of nitrogens with one attached hydrogen (secondary N) is 2. The summed E-state index contributed by atoms with van der Waals surface area (Å²) in [5.74, 6) is -0.138. The zero-order chi connectivity index (χ0) is 13.1. The van der Waals surface area contributed by atoms with Crippen LogP contribution in [0.4, 0.5) is 5.69 Å². The Kier molecular flexibility index (Phi) is 3.78. The molecule has 1 amide bonds. The van der Waals surface area contributed by atoms with Gasteiger partial charge in [0.05, 0.1) is 17.3 Å². The van der Waals surface area contributed by atoms with Crippen LogP contribution >= 0.6 is 27.5 Å². The van der Waals surface area contributed by atoms with Gasteiger partial charge in [0.25, 0.3) is 11.7 Å². The van der Waals surface area contributed by atoms with Crippen molar-refractivity contribution in [2.75, 3.05) is 12.4 Å². The Balaban J connectivity index is 2.31. The fourth-order valence-electron chi connectivity index (χ4n) is 1.30. The minimum absolute atomic E-state index is 0.0758. The average molecular weight is 333 g/mol. The third-order valence-electron chi connectivity index (χ3n) is 2.01. The molecule has 9 heteroatoms. The molecule has 1 heterocycles. The molecule has 0 bridgehead atoms. The Bertz CT molecular complexity index is 575. The van der Waals surface area contributed by atoms with Gasteiger partial charge < -0.3 is 10.1 Å². The van der Waals surface area contributed by atoms with E-state index in [1.165, 1.54) is 7.11 Å². The highest BCUT2D eigenvalue weighted by Gasteiger charge is 2.16. The summed E-state index contributed by atoms with van der Waals surface area (Å²) in [5.41, 5.74) is 0.409. The lowest BCUT2D eigenvalue weighted by Crippen LogP contribution is -2.14. The first-order chi connectivity index (χ1) is 8.61. The monoisotopic (exact) mass is 331 g/mol. The van der Waals surface area contributed by atoms with E-state index in [-0.39, 0.29) is 5.82 Å². The third kappa shape index (κ3) is 2.59. The summed E-state index contributed by atoms with van der Waals surface area (Å²) in [6, 6.07) is 3.22. The van der Waals surface area contributed by atoms with E-state index in [9.17, 15) is 4.79 Å². The smallest absolute Gasteiger partial charge is 0.297 e. The zero-order valence-electron chi connectivity index (χ0n) is 9.07. The van der Waals surface area contributed by atoms with Crippen molar-refractivity contribution in [3.05, 3.63) is 27.5 Å². The SMILES string of the molecule is COc1c(Br)cc(Cl)cc1NC(=O)c1nn[nH]n1. The number of H-pyrrole nitrogens is 1. The highest BCUT2D eigenvalue weighted by atomic mass is 79.9. The molecule has 2 aromatic rings. The maximum Gasteiger partial charge on any atom is 0.297 e. The average Bonchev–Trinajstić information content (AvgIpc) is 2.81. The lowest BCUT2D eigenvalue weighted by molar-refractivity contribution is 0.101. The Hall–Kier alpha value is -1.67. The number of amides is 1. The molecule has 1 aromatic heterocycles. The third-order valence-corrected chi connectivity index (χ3v) is 2.82. The number of aromatic amines is 1. The van der Waals surface area contributed by atoms with Gasteiger partial charge in [-0.2, -0.15) is 5.21 Å². The predicted octanol–water partition coefficient (Wildman–Crippen LogP) is 1.88. The number of hydrogen-bond acceptors (Lipinski definition) is 5. The van der Waals surface area contributed by atoms with Gasteiger partial charge in [0.1, 0.15) is 0 Å². The summed E-state index contributed by atoms with van der Waals surface area (Å²) in [5, 5.41) is 15.7. The van der Waals surface area contributed by atoms with Gasteiger partial charge in [-0.15, -0.1) is 10.2 Å². The number of nitrogens with zero attached hydrogens (tertiary/aromatic N) is 3. The summed E-state index contributed by atoms with van der Waals surface area (Å²) in [6.07, 6.45) is 0. The molecule has 0 atom stereocenters. The van der Waals surface area contributed by atoms with Crippen molar-refractivity contribution in [2.24, 2.45) is 0 Å². The Morgan fingerprint density at radius 2 is 2.33 bits per heavy atom. The lowest BCUT2D eigenvalue weighted by atomic mass is 10.3. The number of hydrogen-bond donors (Lipinski definition) is 2.